The summed E-state index contributed by atoms with van der Waals surface area (Å²) in [6, 6.07) is 5.39. The number of hydrogen-bond donors (Lipinski definition) is 1. The van der Waals surface area contributed by atoms with Crippen LogP contribution in [0.4, 0.5) is 11.4 Å². The molecule has 4 rings (SSSR count). The molecule has 4 atom stereocenters. The number of anilines is 1. The van der Waals surface area contributed by atoms with Crippen molar-refractivity contribution in [3.05, 3.63) is 46.5 Å². The fraction of sp³-hybridized carbons (Fsp3) is 0.375. The average molecular weight is 330 g/mol. The summed E-state index contributed by atoms with van der Waals surface area (Å²) in [5, 5.41) is 20.7. The lowest BCUT2D eigenvalue weighted by Crippen LogP contribution is -2.43. The van der Waals surface area contributed by atoms with Crippen molar-refractivity contribution in [2.45, 2.75) is 18.1 Å². The quantitative estimate of drug-likeness (QED) is 0.380. The maximum atomic E-state index is 12.9. The van der Waals surface area contributed by atoms with Crippen LogP contribution in [0.3, 0.4) is 0 Å². The van der Waals surface area contributed by atoms with E-state index in [9.17, 15) is 24.8 Å². The van der Waals surface area contributed by atoms with Crippen molar-refractivity contribution in [1.82, 2.24) is 0 Å². The summed E-state index contributed by atoms with van der Waals surface area (Å²) >= 11 is 0. The third-order valence-electron chi connectivity index (χ3n) is 5.10. The number of carbonyl (C=O) groups excluding carboxylic acids is 2. The van der Waals surface area contributed by atoms with Crippen LogP contribution in [0.2, 0.25) is 0 Å². The van der Waals surface area contributed by atoms with Crippen LogP contribution < -0.4 is 4.90 Å². The van der Waals surface area contributed by atoms with Crippen LogP contribution in [0.15, 0.2) is 36.4 Å². The highest BCUT2D eigenvalue weighted by atomic mass is 16.6. The summed E-state index contributed by atoms with van der Waals surface area (Å²) in [5.41, 5.74) is -2.22. The van der Waals surface area contributed by atoms with Crippen molar-refractivity contribution in [1.29, 1.82) is 0 Å². The Balaban J connectivity index is 1.80. The fourth-order valence-electron chi connectivity index (χ4n) is 4.04. The monoisotopic (exact) mass is 330 g/mol. The summed E-state index contributed by atoms with van der Waals surface area (Å²) in [4.78, 5) is 37.1. The average Bonchev–Trinajstić information content (AvgIpc) is 3.13. The van der Waals surface area contributed by atoms with Gasteiger partial charge in [-0.15, -0.1) is 0 Å². The maximum Gasteiger partial charge on any atom is 0.271 e. The van der Waals surface area contributed by atoms with Gasteiger partial charge in [0.05, 0.1) is 34.7 Å². The van der Waals surface area contributed by atoms with Gasteiger partial charge in [-0.25, -0.2) is 4.90 Å². The maximum absolute atomic E-state index is 12.9. The zero-order valence-corrected chi connectivity index (χ0v) is 12.7. The molecule has 2 fully saturated rings. The minimum Gasteiger partial charge on any atom is -0.393 e. The number of nitro groups is 1. The van der Waals surface area contributed by atoms with Crippen LogP contribution in [0.25, 0.3) is 0 Å². The van der Waals surface area contributed by atoms with E-state index in [1.54, 1.807) is 19.1 Å². The molecule has 2 amide bonds. The van der Waals surface area contributed by atoms with E-state index in [2.05, 4.69) is 0 Å². The van der Waals surface area contributed by atoms with Gasteiger partial charge in [-0.2, -0.15) is 0 Å². The van der Waals surface area contributed by atoms with E-state index in [1.807, 2.05) is 0 Å². The first-order valence-corrected chi connectivity index (χ1v) is 7.47. The van der Waals surface area contributed by atoms with Gasteiger partial charge in [0.25, 0.3) is 5.69 Å². The number of aliphatic hydroxyl groups is 1. The van der Waals surface area contributed by atoms with Crippen LogP contribution in [0.1, 0.15) is 6.92 Å². The smallest absolute Gasteiger partial charge is 0.271 e. The van der Waals surface area contributed by atoms with Crippen molar-refractivity contribution in [2.24, 2.45) is 11.8 Å². The molecule has 1 aromatic rings. The normalized spacial score (nSPS) is 36.5. The highest BCUT2D eigenvalue weighted by molar-refractivity contribution is 6.23. The van der Waals surface area contributed by atoms with Crippen LogP contribution in [-0.4, -0.2) is 39.7 Å². The van der Waals surface area contributed by atoms with Gasteiger partial charge in [-0.3, -0.25) is 19.7 Å². The molecule has 0 spiro atoms. The lowest BCUT2D eigenvalue weighted by Gasteiger charge is -2.26. The van der Waals surface area contributed by atoms with Crippen molar-refractivity contribution < 1.29 is 24.4 Å². The van der Waals surface area contributed by atoms with Crippen LogP contribution in [0.5, 0.6) is 0 Å². The highest BCUT2D eigenvalue weighted by Gasteiger charge is 2.72. The zero-order chi connectivity index (χ0) is 17.3. The summed E-state index contributed by atoms with van der Waals surface area (Å²) in [7, 11) is 0. The lowest BCUT2D eigenvalue weighted by molar-refractivity contribution is -0.384. The Kier molecular flexibility index (Phi) is 2.80. The number of imide groups is 1. The Morgan fingerprint density at radius 2 is 2.00 bits per heavy atom. The van der Waals surface area contributed by atoms with Gasteiger partial charge in [0.2, 0.25) is 11.8 Å². The van der Waals surface area contributed by atoms with E-state index < -0.39 is 46.4 Å². The first-order chi connectivity index (χ1) is 11.3. The van der Waals surface area contributed by atoms with E-state index in [4.69, 9.17) is 4.74 Å². The van der Waals surface area contributed by atoms with Gasteiger partial charge in [-0.05, 0) is 13.0 Å². The number of aliphatic hydroxyl groups excluding tert-OH is 1. The first kappa shape index (κ1) is 15.0. The molecule has 124 valence electrons. The van der Waals surface area contributed by atoms with Crippen molar-refractivity contribution in [3.63, 3.8) is 0 Å². The molecule has 3 heterocycles. The van der Waals surface area contributed by atoms with E-state index in [1.165, 1.54) is 24.3 Å². The summed E-state index contributed by atoms with van der Waals surface area (Å²) < 4.78 is 5.81. The number of benzene rings is 1. The van der Waals surface area contributed by atoms with Gasteiger partial charge in [0.15, 0.2) is 0 Å². The molecule has 0 aromatic heterocycles. The number of carbonyl (C=O) groups is 2. The van der Waals surface area contributed by atoms with Crippen LogP contribution in [0, 0.1) is 22.0 Å². The summed E-state index contributed by atoms with van der Waals surface area (Å²) in [5.74, 6) is -2.55. The minimum absolute atomic E-state index is 0.157. The Morgan fingerprint density at radius 1 is 1.29 bits per heavy atom. The molecule has 2 bridgehead atoms. The summed E-state index contributed by atoms with van der Waals surface area (Å²) in [6.45, 7) is 1.29. The number of nitro benzene ring substituents is 1. The SMILES string of the molecule is C[C@]12C=C[C@](CO)(O1)[C@H]1C(=O)N(c3cccc([N+](=O)[O-])c3)C(=O)[C@H]12. The molecule has 1 N–H and O–H groups in total. The van der Waals surface area contributed by atoms with E-state index in [-0.39, 0.29) is 11.4 Å². The van der Waals surface area contributed by atoms with Crippen molar-refractivity contribution in [3.8, 4) is 0 Å². The van der Waals surface area contributed by atoms with Gasteiger partial charge < -0.3 is 9.84 Å². The van der Waals surface area contributed by atoms with Gasteiger partial charge in [-0.1, -0.05) is 18.2 Å². The van der Waals surface area contributed by atoms with Gasteiger partial charge in [0.1, 0.15) is 5.60 Å². The molecule has 3 aliphatic rings. The van der Waals surface area contributed by atoms with Crippen LogP contribution in [-0.2, 0) is 14.3 Å². The van der Waals surface area contributed by atoms with Crippen LogP contribution >= 0.6 is 0 Å². The second-order valence-electron chi connectivity index (χ2n) is 6.48. The van der Waals surface area contributed by atoms with Crippen molar-refractivity contribution in [2.75, 3.05) is 11.5 Å². The Labute approximate surface area is 136 Å². The molecule has 8 heteroatoms. The standard InChI is InChI=1S/C16H14N2O6/c1-15-5-6-16(8-19,24-15)12-11(15)13(20)17(14(12)21)9-3-2-4-10(7-9)18(22)23/h2-7,11-12,19H,8H2,1H3/t11-,12+,15+,16+/m0/s1. The molecule has 0 saturated carbocycles. The largest absolute Gasteiger partial charge is 0.393 e. The minimum atomic E-state index is -1.21. The lowest BCUT2D eigenvalue weighted by atomic mass is 9.73. The number of amides is 2. The molecule has 0 unspecified atom stereocenters. The highest BCUT2D eigenvalue weighted by Crippen LogP contribution is 2.57. The third-order valence-corrected chi connectivity index (χ3v) is 5.10. The predicted octanol–water partition coefficient (Wildman–Crippen LogP) is 0.790. The van der Waals surface area contributed by atoms with E-state index >= 15 is 0 Å². The number of non-ortho nitro benzene ring substituents is 1. The number of hydrogen-bond acceptors (Lipinski definition) is 6. The Morgan fingerprint density at radius 3 is 2.67 bits per heavy atom. The third kappa shape index (κ3) is 1.64. The van der Waals surface area contributed by atoms with E-state index in [0.29, 0.717) is 0 Å². The molecule has 2 saturated heterocycles. The number of ether oxygens (including phenoxy) is 1. The zero-order valence-electron chi connectivity index (χ0n) is 12.7. The Hall–Kier alpha value is -2.58. The van der Waals surface area contributed by atoms with Gasteiger partial charge >= 0.3 is 0 Å². The first-order valence-electron chi connectivity index (χ1n) is 7.47. The molecule has 8 nitrogen and oxygen atoms in total. The topological polar surface area (TPSA) is 110 Å². The second kappa shape index (κ2) is 4.49. The molecule has 0 aliphatic carbocycles. The molecular formula is C16H14N2O6. The molecule has 3 aliphatic heterocycles. The molecule has 1 aromatic carbocycles. The van der Waals surface area contributed by atoms with Gasteiger partial charge in [0, 0.05) is 12.1 Å². The predicted molar refractivity (Wildman–Crippen MR) is 81.0 cm³/mol. The second-order valence-corrected chi connectivity index (χ2v) is 6.48. The van der Waals surface area contributed by atoms with E-state index in [0.717, 1.165) is 4.90 Å². The number of rotatable bonds is 3. The fourth-order valence-corrected chi connectivity index (χ4v) is 4.04. The Bertz CT molecular complexity index is 821. The number of nitrogens with zero attached hydrogens (tertiary/aromatic N) is 2. The molecule has 0 radical (unpaired) electrons. The summed E-state index contributed by atoms with van der Waals surface area (Å²) in [6.07, 6.45) is 3.34. The molecular weight excluding hydrogens is 316 g/mol. The number of fused-ring (bicyclic) bond motifs is 5. The van der Waals surface area contributed by atoms with Crippen molar-refractivity contribution >= 4 is 23.2 Å². The molecule has 24 heavy (non-hydrogen) atoms.